The molecule has 1 aliphatic rings. The van der Waals surface area contributed by atoms with Gasteiger partial charge in [0.1, 0.15) is 5.82 Å². The van der Waals surface area contributed by atoms with E-state index in [9.17, 15) is 9.18 Å². The normalized spacial score (nSPS) is 15.3. The summed E-state index contributed by atoms with van der Waals surface area (Å²) in [5, 5.41) is 3.08. The lowest BCUT2D eigenvalue weighted by Crippen LogP contribution is -2.47. The number of amides is 1. The van der Waals surface area contributed by atoms with Crippen LogP contribution in [0.2, 0.25) is 0 Å². The molecular weight excluding hydrogens is 405 g/mol. The molecule has 1 heterocycles. The van der Waals surface area contributed by atoms with E-state index in [1.165, 1.54) is 12.1 Å². The lowest BCUT2D eigenvalue weighted by atomic mass is 9.73. The molecule has 5 heteroatoms. The molecule has 3 aromatic carbocycles. The fourth-order valence-corrected chi connectivity index (χ4v) is 4.19. The standard InChI is InChI=1S/C27H28FNO3/c28-25-11-5-10-24(17-25)27(12-14-31-15-13-27)26(30)29-18-22-8-4-9-23(16-22)20-32-19-21-6-2-1-3-7-21/h1-11,16-17H,12-15,18-20H2,(H,29,30). The van der Waals surface area contributed by atoms with Crippen molar-refractivity contribution < 1.29 is 18.7 Å². The number of nitrogens with one attached hydrogen (secondary N) is 1. The second kappa shape index (κ2) is 10.5. The van der Waals surface area contributed by atoms with Gasteiger partial charge in [-0.2, -0.15) is 0 Å². The molecule has 0 aromatic heterocycles. The maximum atomic E-state index is 13.9. The summed E-state index contributed by atoms with van der Waals surface area (Å²) in [6, 6.07) is 24.4. The highest BCUT2D eigenvalue weighted by Crippen LogP contribution is 2.35. The zero-order valence-corrected chi connectivity index (χ0v) is 18.1. The molecule has 166 valence electrons. The summed E-state index contributed by atoms with van der Waals surface area (Å²) in [5.41, 5.74) is 3.13. The van der Waals surface area contributed by atoms with Gasteiger partial charge in [0.15, 0.2) is 0 Å². The van der Waals surface area contributed by atoms with Crippen molar-refractivity contribution in [3.05, 3.63) is 107 Å². The van der Waals surface area contributed by atoms with E-state index in [0.717, 1.165) is 16.7 Å². The van der Waals surface area contributed by atoms with E-state index in [0.29, 0.717) is 51.4 Å². The zero-order chi connectivity index (χ0) is 22.2. The fourth-order valence-electron chi connectivity index (χ4n) is 4.19. The van der Waals surface area contributed by atoms with Gasteiger partial charge in [0.05, 0.1) is 18.6 Å². The Morgan fingerprint density at radius 2 is 1.56 bits per heavy atom. The summed E-state index contributed by atoms with van der Waals surface area (Å²) >= 11 is 0. The first-order valence-electron chi connectivity index (χ1n) is 11.0. The van der Waals surface area contributed by atoms with Crippen molar-refractivity contribution in [2.75, 3.05) is 13.2 Å². The molecule has 1 saturated heterocycles. The molecule has 1 fully saturated rings. The number of carbonyl (C=O) groups excluding carboxylic acids is 1. The second-order valence-corrected chi connectivity index (χ2v) is 8.19. The highest BCUT2D eigenvalue weighted by molar-refractivity contribution is 5.88. The van der Waals surface area contributed by atoms with Gasteiger partial charge in [-0.1, -0.05) is 66.7 Å². The van der Waals surface area contributed by atoms with Crippen molar-refractivity contribution in [2.24, 2.45) is 0 Å². The number of rotatable bonds is 8. The molecule has 4 rings (SSSR count). The molecule has 0 saturated carbocycles. The van der Waals surface area contributed by atoms with Crippen molar-refractivity contribution in [1.82, 2.24) is 5.32 Å². The number of carbonyl (C=O) groups is 1. The molecule has 1 aliphatic heterocycles. The van der Waals surface area contributed by atoms with Crippen LogP contribution in [0.5, 0.6) is 0 Å². The first-order valence-corrected chi connectivity index (χ1v) is 11.0. The average Bonchev–Trinajstić information content (AvgIpc) is 2.84. The molecule has 0 bridgehead atoms. The highest BCUT2D eigenvalue weighted by Gasteiger charge is 2.41. The summed E-state index contributed by atoms with van der Waals surface area (Å²) in [6.45, 7) is 2.43. The third-order valence-electron chi connectivity index (χ3n) is 5.98. The average molecular weight is 434 g/mol. The van der Waals surface area contributed by atoms with Gasteiger partial charge in [-0.3, -0.25) is 4.79 Å². The lowest BCUT2D eigenvalue weighted by Gasteiger charge is -2.36. The van der Waals surface area contributed by atoms with Gasteiger partial charge >= 0.3 is 0 Å². The zero-order valence-electron chi connectivity index (χ0n) is 18.1. The predicted octanol–water partition coefficient (Wildman–Crippen LogP) is 4.91. The Labute approximate surface area is 188 Å². The Morgan fingerprint density at radius 3 is 2.34 bits per heavy atom. The summed E-state index contributed by atoms with van der Waals surface area (Å²) in [6.07, 6.45) is 1.07. The van der Waals surface area contributed by atoms with Crippen molar-refractivity contribution in [3.8, 4) is 0 Å². The maximum Gasteiger partial charge on any atom is 0.231 e. The van der Waals surface area contributed by atoms with E-state index in [2.05, 4.69) is 5.32 Å². The lowest BCUT2D eigenvalue weighted by molar-refractivity contribution is -0.130. The third kappa shape index (κ3) is 5.42. The summed E-state index contributed by atoms with van der Waals surface area (Å²) in [7, 11) is 0. The van der Waals surface area contributed by atoms with Crippen LogP contribution >= 0.6 is 0 Å². The molecule has 4 nitrogen and oxygen atoms in total. The summed E-state index contributed by atoms with van der Waals surface area (Å²) in [4.78, 5) is 13.3. The van der Waals surface area contributed by atoms with Crippen LogP contribution in [0.4, 0.5) is 4.39 Å². The Hall–Kier alpha value is -3.02. The minimum absolute atomic E-state index is 0.0860. The van der Waals surface area contributed by atoms with E-state index in [1.54, 1.807) is 6.07 Å². The molecule has 1 amide bonds. The van der Waals surface area contributed by atoms with Gasteiger partial charge in [-0.15, -0.1) is 0 Å². The first-order chi connectivity index (χ1) is 15.7. The van der Waals surface area contributed by atoms with Gasteiger partial charge in [0, 0.05) is 19.8 Å². The van der Waals surface area contributed by atoms with Gasteiger partial charge < -0.3 is 14.8 Å². The Balaban J connectivity index is 1.38. The van der Waals surface area contributed by atoms with E-state index in [-0.39, 0.29) is 11.7 Å². The topological polar surface area (TPSA) is 47.6 Å². The largest absolute Gasteiger partial charge is 0.381 e. The molecule has 0 unspecified atom stereocenters. The number of benzene rings is 3. The van der Waals surface area contributed by atoms with Crippen molar-refractivity contribution >= 4 is 5.91 Å². The minimum atomic E-state index is -0.767. The van der Waals surface area contributed by atoms with Crippen LogP contribution in [0.3, 0.4) is 0 Å². The minimum Gasteiger partial charge on any atom is -0.381 e. The molecule has 1 N–H and O–H groups in total. The Bertz CT molecular complexity index is 1030. The molecular formula is C27H28FNO3. The number of hydrogen-bond acceptors (Lipinski definition) is 3. The molecule has 3 aromatic rings. The predicted molar refractivity (Wildman–Crippen MR) is 121 cm³/mol. The SMILES string of the molecule is O=C(NCc1cccc(COCc2ccccc2)c1)C1(c2cccc(F)c2)CCOCC1. The van der Waals surface area contributed by atoms with Gasteiger partial charge in [-0.05, 0) is 47.2 Å². The monoisotopic (exact) mass is 433 g/mol. The smallest absolute Gasteiger partial charge is 0.231 e. The highest BCUT2D eigenvalue weighted by atomic mass is 19.1. The van der Waals surface area contributed by atoms with Crippen LogP contribution in [0, 0.1) is 5.82 Å². The fraction of sp³-hybridized carbons (Fsp3) is 0.296. The van der Waals surface area contributed by atoms with Crippen LogP contribution in [0.25, 0.3) is 0 Å². The molecule has 0 aliphatic carbocycles. The van der Waals surface area contributed by atoms with Crippen molar-refractivity contribution in [1.29, 1.82) is 0 Å². The quantitative estimate of drug-likeness (QED) is 0.549. The van der Waals surface area contributed by atoms with Crippen molar-refractivity contribution in [3.63, 3.8) is 0 Å². The van der Waals surface area contributed by atoms with Gasteiger partial charge in [-0.25, -0.2) is 4.39 Å². The number of hydrogen-bond donors (Lipinski definition) is 1. The molecule has 0 spiro atoms. The molecule has 0 atom stereocenters. The van der Waals surface area contributed by atoms with Crippen LogP contribution in [-0.2, 0) is 39.4 Å². The Morgan fingerprint density at radius 1 is 0.875 bits per heavy atom. The van der Waals surface area contributed by atoms with E-state index < -0.39 is 5.41 Å². The maximum absolute atomic E-state index is 13.9. The third-order valence-corrected chi connectivity index (χ3v) is 5.98. The number of halogens is 1. The van der Waals surface area contributed by atoms with Crippen molar-refractivity contribution in [2.45, 2.75) is 38.0 Å². The van der Waals surface area contributed by atoms with E-state index in [4.69, 9.17) is 9.47 Å². The first kappa shape index (κ1) is 22.2. The summed E-state index contributed by atoms with van der Waals surface area (Å²) in [5.74, 6) is -0.415. The molecule has 0 radical (unpaired) electrons. The summed E-state index contributed by atoms with van der Waals surface area (Å²) < 4.78 is 25.2. The van der Waals surface area contributed by atoms with E-state index in [1.807, 2.05) is 60.7 Å². The van der Waals surface area contributed by atoms with Crippen LogP contribution < -0.4 is 5.32 Å². The van der Waals surface area contributed by atoms with Crippen LogP contribution in [0.1, 0.15) is 35.1 Å². The second-order valence-electron chi connectivity index (χ2n) is 8.19. The van der Waals surface area contributed by atoms with Crippen LogP contribution in [-0.4, -0.2) is 19.1 Å². The van der Waals surface area contributed by atoms with Gasteiger partial charge in [0.25, 0.3) is 0 Å². The number of ether oxygens (including phenoxy) is 2. The van der Waals surface area contributed by atoms with Gasteiger partial charge in [0.2, 0.25) is 5.91 Å². The molecule has 32 heavy (non-hydrogen) atoms. The van der Waals surface area contributed by atoms with Crippen LogP contribution in [0.15, 0.2) is 78.9 Å². The van der Waals surface area contributed by atoms with E-state index >= 15 is 0 Å². The Kier molecular flexibility index (Phi) is 7.30.